The van der Waals surface area contributed by atoms with Crippen molar-refractivity contribution < 1.29 is 14.3 Å². The molecule has 5 rings (SSSR count). The summed E-state index contributed by atoms with van der Waals surface area (Å²) < 4.78 is 12.8. The van der Waals surface area contributed by atoms with E-state index in [-0.39, 0.29) is 17.6 Å². The van der Waals surface area contributed by atoms with Crippen molar-refractivity contribution in [3.8, 4) is 5.75 Å². The minimum absolute atomic E-state index is 0.0524. The zero-order chi connectivity index (χ0) is 31.0. The number of hydrogen-bond donors (Lipinski definition) is 1. The average molecular weight is 577 g/mol. The molecule has 42 heavy (non-hydrogen) atoms. The molecule has 2 fully saturated rings. The largest absolute Gasteiger partial charge is 0.496 e. The number of likely N-dealkylation sites (tertiary alicyclic amines) is 1. The standard InChI is InChI=1S/C15H22N2O2.C12H14N2.C8H16O/c1-10-7-12(8-14(19-3)11(10)2)15(18)17-6-4-5-13(16)9-17;1-4-14-11(9(2)3)8-10-6-5-7-13-12(10)14;1-4-7-5-8(2,6-7)9-3/h7-8,13H,4-6,9,16H2,1-3H3;5-8H,2,4H2,1,3H3;7H,4-6H2,1-3H3. The van der Waals surface area contributed by atoms with Crippen molar-refractivity contribution in [1.29, 1.82) is 0 Å². The first kappa shape index (κ1) is 33.3. The Kier molecular flexibility index (Phi) is 11.8. The van der Waals surface area contributed by atoms with Gasteiger partial charge >= 0.3 is 0 Å². The Labute approximate surface area is 253 Å². The fourth-order valence-electron chi connectivity index (χ4n) is 5.92. The van der Waals surface area contributed by atoms with Crippen molar-refractivity contribution in [2.75, 3.05) is 27.3 Å². The number of ether oxygens (including phenoxy) is 2. The van der Waals surface area contributed by atoms with Gasteiger partial charge in [0.2, 0.25) is 0 Å². The van der Waals surface area contributed by atoms with Gasteiger partial charge in [-0.2, -0.15) is 0 Å². The van der Waals surface area contributed by atoms with Crippen LogP contribution in [0.5, 0.6) is 5.75 Å². The normalized spacial score (nSPS) is 21.4. The highest BCUT2D eigenvalue weighted by atomic mass is 16.5. The fraction of sp³-hybridized carbons (Fsp3) is 0.543. The molecule has 0 spiro atoms. The first-order chi connectivity index (χ1) is 20.0. The molecular weight excluding hydrogens is 524 g/mol. The topological polar surface area (TPSA) is 82.6 Å². The van der Waals surface area contributed by atoms with Crippen molar-refractivity contribution in [2.45, 2.75) is 91.8 Å². The van der Waals surface area contributed by atoms with E-state index in [2.05, 4.69) is 49.0 Å². The molecule has 1 atom stereocenters. The molecule has 2 aromatic heterocycles. The number of aromatic nitrogens is 2. The number of piperidine rings is 1. The third-order valence-corrected chi connectivity index (χ3v) is 8.75. The number of carbonyl (C=O) groups is 1. The molecule has 1 saturated carbocycles. The molecule has 1 amide bonds. The fourth-order valence-corrected chi connectivity index (χ4v) is 5.92. The maximum atomic E-state index is 12.5. The quantitative estimate of drug-likeness (QED) is 0.336. The van der Waals surface area contributed by atoms with Crippen LogP contribution in [0.15, 0.2) is 43.1 Å². The Bertz CT molecular complexity index is 1360. The van der Waals surface area contributed by atoms with E-state index in [1.54, 1.807) is 7.11 Å². The van der Waals surface area contributed by atoms with Crippen molar-refractivity contribution in [3.63, 3.8) is 0 Å². The van der Waals surface area contributed by atoms with Crippen molar-refractivity contribution in [3.05, 3.63) is 65.5 Å². The van der Waals surface area contributed by atoms with Gasteiger partial charge in [0.1, 0.15) is 11.4 Å². The first-order valence-corrected chi connectivity index (χ1v) is 15.3. The molecule has 0 radical (unpaired) electrons. The van der Waals surface area contributed by atoms with Crippen LogP contribution in [-0.4, -0.2) is 59.3 Å². The van der Waals surface area contributed by atoms with E-state index < -0.39 is 0 Å². The van der Waals surface area contributed by atoms with Crippen LogP contribution in [0.2, 0.25) is 0 Å². The molecule has 2 N–H and O–H groups in total. The maximum Gasteiger partial charge on any atom is 0.254 e. The predicted molar refractivity (Wildman–Crippen MR) is 174 cm³/mol. The summed E-state index contributed by atoms with van der Waals surface area (Å²) in [7, 11) is 3.44. The second-order valence-electron chi connectivity index (χ2n) is 12.1. The number of pyridine rings is 1. The van der Waals surface area contributed by atoms with Gasteiger partial charge in [-0.1, -0.05) is 19.9 Å². The van der Waals surface area contributed by atoms with E-state index in [0.717, 1.165) is 59.9 Å². The monoisotopic (exact) mass is 576 g/mol. The third-order valence-electron chi connectivity index (χ3n) is 8.75. The third kappa shape index (κ3) is 8.01. The zero-order valence-corrected chi connectivity index (χ0v) is 27.1. The number of allylic oxidation sites excluding steroid dienone is 1. The van der Waals surface area contributed by atoms with Crippen LogP contribution < -0.4 is 10.5 Å². The van der Waals surface area contributed by atoms with E-state index in [4.69, 9.17) is 15.2 Å². The number of nitrogens with two attached hydrogens (primary N) is 1. The van der Waals surface area contributed by atoms with E-state index in [9.17, 15) is 4.79 Å². The lowest BCUT2D eigenvalue weighted by molar-refractivity contribution is -0.0908. The summed E-state index contributed by atoms with van der Waals surface area (Å²) in [5.41, 5.74) is 12.3. The summed E-state index contributed by atoms with van der Waals surface area (Å²) in [6.45, 7) is 18.9. The van der Waals surface area contributed by atoms with E-state index in [1.807, 2.05) is 57.2 Å². The molecule has 1 aliphatic heterocycles. The van der Waals surface area contributed by atoms with Gasteiger partial charge in [-0.15, -0.1) is 0 Å². The molecule has 3 heterocycles. The molecule has 1 saturated heterocycles. The highest BCUT2D eigenvalue weighted by molar-refractivity contribution is 5.95. The van der Waals surface area contributed by atoms with Crippen molar-refractivity contribution in [1.82, 2.24) is 14.5 Å². The number of amides is 1. The number of carbonyl (C=O) groups excluding carboxylic acids is 1. The van der Waals surface area contributed by atoms with Crippen LogP contribution >= 0.6 is 0 Å². The van der Waals surface area contributed by atoms with Crippen LogP contribution in [0, 0.1) is 19.8 Å². The summed E-state index contributed by atoms with van der Waals surface area (Å²) in [6.07, 6.45) is 7.66. The lowest BCUT2D eigenvalue weighted by Gasteiger charge is -2.43. The number of hydrogen-bond acceptors (Lipinski definition) is 5. The molecule has 1 aliphatic carbocycles. The molecule has 7 heteroatoms. The Hall–Kier alpha value is -3.16. The molecule has 0 bridgehead atoms. The van der Waals surface area contributed by atoms with Gasteiger partial charge in [-0.3, -0.25) is 4.79 Å². The second-order valence-corrected chi connectivity index (χ2v) is 12.1. The van der Waals surface area contributed by atoms with Crippen LogP contribution in [-0.2, 0) is 11.3 Å². The van der Waals surface area contributed by atoms with Gasteiger partial charge in [0.25, 0.3) is 5.91 Å². The van der Waals surface area contributed by atoms with Gasteiger partial charge in [0.05, 0.1) is 12.7 Å². The summed E-state index contributed by atoms with van der Waals surface area (Å²) in [6, 6.07) is 10.1. The number of methoxy groups -OCH3 is 2. The lowest BCUT2D eigenvalue weighted by Crippen LogP contribution is -2.45. The molecule has 7 nitrogen and oxygen atoms in total. The molecule has 3 aromatic rings. The average Bonchev–Trinajstić information content (AvgIpc) is 3.36. The lowest BCUT2D eigenvalue weighted by atomic mass is 9.71. The van der Waals surface area contributed by atoms with Gasteiger partial charge in [0.15, 0.2) is 0 Å². The summed E-state index contributed by atoms with van der Waals surface area (Å²) >= 11 is 0. The van der Waals surface area contributed by atoms with E-state index in [1.165, 1.54) is 30.3 Å². The SMILES string of the molecule is C=C(C)c1cc2cccnc2n1CC.CCC1CC(C)(OC)C1.COc1cc(C(=O)N2CCCC(N)C2)cc(C)c1C. The van der Waals surface area contributed by atoms with Crippen molar-refractivity contribution >= 4 is 22.5 Å². The Morgan fingerprint density at radius 2 is 1.90 bits per heavy atom. The summed E-state index contributed by atoms with van der Waals surface area (Å²) in [5.74, 6) is 1.76. The second kappa shape index (κ2) is 14.8. The van der Waals surface area contributed by atoms with Gasteiger partial charge < -0.3 is 24.7 Å². The number of benzene rings is 1. The van der Waals surface area contributed by atoms with Crippen LogP contribution in [0.1, 0.15) is 87.0 Å². The number of fused-ring (bicyclic) bond motifs is 1. The summed E-state index contributed by atoms with van der Waals surface area (Å²) in [5, 5.41) is 1.19. The molecule has 230 valence electrons. The Balaban J connectivity index is 0.000000185. The van der Waals surface area contributed by atoms with Gasteiger partial charge in [0, 0.05) is 55.6 Å². The van der Waals surface area contributed by atoms with E-state index >= 15 is 0 Å². The maximum absolute atomic E-state index is 12.5. The van der Waals surface area contributed by atoms with Gasteiger partial charge in [-0.05, 0) is 113 Å². The highest BCUT2D eigenvalue weighted by Crippen LogP contribution is 2.41. The molecule has 1 unspecified atom stereocenters. The molecule has 2 aliphatic rings. The molecular formula is C35H52N4O3. The van der Waals surface area contributed by atoms with Crippen LogP contribution in [0.4, 0.5) is 0 Å². The Morgan fingerprint density at radius 1 is 1.19 bits per heavy atom. The number of rotatable bonds is 6. The number of nitrogens with zero attached hydrogens (tertiary/aromatic N) is 3. The predicted octanol–water partition coefficient (Wildman–Crippen LogP) is 7.18. The highest BCUT2D eigenvalue weighted by Gasteiger charge is 2.38. The van der Waals surface area contributed by atoms with Crippen LogP contribution in [0.25, 0.3) is 16.6 Å². The van der Waals surface area contributed by atoms with Gasteiger partial charge in [-0.25, -0.2) is 4.98 Å². The zero-order valence-electron chi connectivity index (χ0n) is 27.1. The van der Waals surface area contributed by atoms with Crippen LogP contribution in [0.3, 0.4) is 0 Å². The Morgan fingerprint density at radius 3 is 2.48 bits per heavy atom. The minimum atomic E-state index is 0.0524. The first-order valence-electron chi connectivity index (χ1n) is 15.3. The summed E-state index contributed by atoms with van der Waals surface area (Å²) in [4.78, 5) is 18.7. The molecule has 1 aromatic carbocycles. The van der Waals surface area contributed by atoms with Crippen molar-refractivity contribution in [2.24, 2.45) is 11.7 Å². The number of aryl methyl sites for hydroxylation is 2. The minimum Gasteiger partial charge on any atom is -0.496 e. The smallest absolute Gasteiger partial charge is 0.254 e. The van der Waals surface area contributed by atoms with E-state index in [0.29, 0.717) is 12.1 Å².